The molecule has 1 fully saturated rings. The van der Waals surface area contributed by atoms with Crippen molar-refractivity contribution < 1.29 is 4.79 Å². The topological polar surface area (TPSA) is 73.4 Å². The van der Waals surface area contributed by atoms with E-state index in [1.165, 1.54) is 12.0 Å². The lowest BCUT2D eigenvalue weighted by atomic mass is 10.2. The first kappa shape index (κ1) is 20.3. The number of hydrogen-bond acceptors (Lipinski definition) is 5. The summed E-state index contributed by atoms with van der Waals surface area (Å²) in [5.74, 6) is 1.18. The fourth-order valence-electron chi connectivity index (χ4n) is 3.28. The number of benzene rings is 2. The normalized spacial score (nSPS) is 13.8. The molecular weight excluding hydrogens is 423 g/mol. The number of rotatable bonds is 4. The van der Waals surface area contributed by atoms with Gasteiger partial charge in [-0.05, 0) is 30.3 Å². The summed E-state index contributed by atoms with van der Waals surface area (Å²) in [6.07, 6.45) is 1.45. The maximum absolute atomic E-state index is 12.3. The molecule has 0 bridgehead atoms. The molecule has 0 aliphatic carbocycles. The number of urea groups is 1. The van der Waals surface area contributed by atoms with Crippen molar-refractivity contribution in [1.82, 2.24) is 9.97 Å². The van der Waals surface area contributed by atoms with E-state index in [1.807, 2.05) is 18.2 Å². The van der Waals surface area contributed by atoms with Gasteiger partial charge in [0.25, 0.3) is 0 Å². The van der Waals surface area contributed by atoms with Gasteiger partial charge in [0.1, 0.15) is 18.0 Å². The standard InChI is InChI=1S/C21H20Cl2N6O/c22-15-6-7-17(23)18(12-15)26-21(30)27-19-13-20(25-14-24-19)29-10-8-28(9-11-29)16-4-2-1-3-5-16/h1-7,12-14H,8-11H2,(H2,24,25,26,27,30). The third kappa shape index (κ3) is 4.93. The highest BCUT2D eigenvalue weighted by Crippen LogP contribution is 2.26. The number of carbonyl (C=O) groups is 1. The molecule has 2 N–H and O–H groups in total. The maximum Gasteiger partial charge on any atom is 0.324 e. The minimum Gasteiger partial charge on any atom is -0.368 e. The van der Waals surface area contributed by atoms with Crippen LogP contribution in [0.2, 0.25) is 10.0 Å². The molecule has 2 aromatic carbocycles. The highest BCUT2D eigenvalue weighted by molar-refractivity contribution is 6.35. The van der Waals surface area contributed by atoms with E-state index >= 15 is 0 Å². The second-order valence-corrected chi connectivity index (χ2v) is 7.62. The Morgan fingerprint density at radius 1 is 0.867 bits per heavy atom. The lowest BCUT2D eigenvalue weighted by Crippen LogP contribution is -2.46. The molecule has 2 amide bonds. The summed E-state index contributed by atoms with van der Waals surface area (Å²) in [5, 5.41) is 6.26. The molecule has 0 unspecified atom stereocenters. The lowest BCUT2D eigenvalue weighted by Gasteiger charge is -2.36. The molecule has 1 aliphatic rings. The van der Waals surface area contributed by atoms with Crippen molar-refractivity contribution in [3.05, 3.63) is 71.0 Å². The number of nitrogens with one attached hydrogen (secondary N) is 2. The third-order valence-electron chi connectivity index (χ3n) is 4.80. The van der Waals surface area contributed by atoms with E-state index in [0.717, 1.165) is 32.0 Å². The zero-order chi connectivity index (χ0) is 20.9. The minimum absolute atomic E-state index is 0.397. The van der Waals surface area contributed by atoms with Crippen molar-refractivity contribution in [1.29, 1.82) is 0 Å². The van der Waals surface area contributed by atoms with Gasteiger partial charge in [-0.1, -0.05) is 41.4 Å². The van der Waals surface area contributed by atoms with E-state index in [2.05, 4.69) is 42.5 Å². The summed E-state index contributed by atoms with van der Waals surface area (Å²) < 4.78 is 0. The first-order chi connectivity index (χ1) is 14.6. The smallest absolute Gasteiger partial charge is 0.324 e. The molecule has 2 heterocycles. The van der Waals surface area contributed by atoms with Gasteiger partial charge in [0.15, 0.2) is 0 Å². The highest BCUT2D eigenvalue weighted by Gasteiger charge is 2.19. The van der Waals surface area contributed by atoms with Gasteiger partial charge in [0, 0.05) is 43.0 Å². The van der Waals surface area contributed by atoms with Crippen molar-refractivity contribution in [2.24, 2.45) is 0 Å². The number of aromatic nitrogens is 2. The van der Waals surface area contributed by atoms with E-state index in [9.17, 15) is 4.79 Å². The van der Waals surface area contributed by atoms with Crippen molar-refractivity contribution in [2.45, 2.75) is 0 Å². The quantitative estimate of drug-likeness (QED) is 0.609. The van der Waals surface area contributed by atoms with Gasteiger partial charge < -0.3 is 15.1 Å². The van der Waals surface area contributed by atoms with Gasteiger partial charge in [0.05, 0.1) is 10.7 Å². The molecule has 1 aromatic heterocycles. The van der Waals surface area contributed by atoms with Crippen LogP contribution in [0.25, 0.3) is 0 Å². The number of anilines is 4. The first-order valence-corrected chi connectivity index (χ1v) is 10.2. The number of carbonyl (C=O) groups excluding carboxylic acids is 1. The second kappa shape index (κ2) is 9.19. The molecule has 1 saturated heterocycles. The zero-order valence-electron chi connectivity index (χ0n) is 16.1. The van der Waals surface area contributed by atoms with Crippen LogP contribution < -0.4 is 20.4 Å². The summed E-state index contributed by atoms with van der Waals surface area (Å²) in [6, 6.07) is 16.5. The highest BCUT2D eigenvalue weighted by atomic mass is 35.5. The van der Waals surface area contributed by atoms with Crippen LogP contribution in [0, 0.1) is 0 Å². The Kier molecular flexibility index (Phi) is 6.21. The zero-order valence-corrected chi connectivity index (χ0v) is 17.6. The third-order valence-corrected chi connectivity index (χ3v) is 5.36. The molecule has 0 spiro atoms. The SMILES string of the molecule is O=C(Nc1cc(N2CCN(c3ccccc3)CC2)ncn1)Nc1cc(Cl)ccc1Cl. The van der Waals surface area contributed by atoms with Gasteiger partial charge >= 0.3 is 6.03 Å². The van der Waals surface area contributed by atoms with E-state index in [4.69, 9.17) is 23.2 Å². The van der Waals surface area contributed by atoms with Crippen LogP contribution in [0.4, 0.5) is 27.8 Å². The molecule has 30 heavy (non-hydrogen) atoms. The molecule has 9 heteroatoms. The Morgan fingerprint density at radius 3 is 2.37 bits per heavy atom. The summed E-state index contributed by atoms with van der Waals surface area (Å²) in [6.45, 7) is 3.44. The number of hydrogen-bond donors (Lipinski definition) is 2. The van der Waals surface area contributed by atoms with Gasteiger partial charge in [-0.25, -0.2) is 14.8 Å². The van der Waals surface area contributed by atoms with Crippen LogP contribution in [-0.4, -0.2) is 42.2 Å². The van der Waals surface area contributed by atoms with E-state index < -0.39 is 6.03 Å². The number of piperazine rings is 1. The maximum atomic E-state index is 12.3. The fourth-order valence-corrected chi connectivity index (χ4v) is 3.62. The minimum atomic E-state index is -0.460. The van der Waals surface area contributed by atoms with Gasteiger partial charge in [-0.15, -0.1) is 0 Å². The predicted octanol–water partition coefficient (Wildman–Crippen LogP) is 4.75. The van der Waals surface area contributed by atoms with Crippen molar-refractivity contribution in [3.63, 3.8) is 0 Å². The Morgan fingerprint density at radius 2 is 1.60 bits per heavy atom. The second-order valence-electron chi connectivity index (χ2n) is 6.77. The Bertz CT molecular complexity index is 1030. The molecule has 0 radical (unpaired) electrons. The number of amides is 2. The van der Waals surface area contributed by atoms with Gasteiger partial charge in [0.2, 0.25) is 0 Å². The monoisotopic (exact) mass is 442 g/mol. The molecular formula is C21H20Cl2N6O. The van der Waals surface area contributed by atoms with Crippen LogP contribution in [0.1, 0.15) is 0 Å². The van der Waals surface area contributed by atoms with Gasteiger partial charge in [-0.3, -0.25) is 5.32 Å². The van der Waals surface area contributed by atoms with Crippen LogP contribution in [-0.2, 0) is 0 Å². The fraction of sp³-hybridized carbons (Fsp3) is 0.190. The number of nitrogens with zero attached hydrogens (tertiary/aromatic N) is 4. The lowest BCUT2D eigenvalue weighted by molar-refractivity contribution is 0.262. The number of para-hydroxylation sites is 1. The Balaban J connectivity index is 1.37. The van der Waals surface area contributed by atoms with E-state index in [-0.39, 0.29) is 0 Å². The van der Waals surface area contributed by atoms with Crippen LogP contribution in [0.3, 0.4) is 0 Å². The summed E-state index contributed by atoms with van der Waals surface area (Å²) in [7, 11) is 0. The molecule has 0 atom stereocenters. The summed E-state index contributed by atoms with van der Waals surface area (Å²) >= 11 is 12.0. The molecule has 154 valence electrons. The molecule has 0 saturated carbocycles. The summed E-state index contributed by atoms with van der Waals surface area (Å²) in [5.41, 5.74) is 1.64. The largest absolute Gasteiger partial charge is 0.368 e. The van der Waals surface area contributed by atoms with Crippen molar-refractivity contribution in [2.75, 3.05) is 46.6 Å². The van der Waals surface area contributed by atoms with Gasteiger partial charge in [-0.2, -0.15) is 0 Å². The van der Waals surface area contributed by atoms with E-state index in [1.54, 1.807) is 24.3 Å². The number of halogens is 2. The molecule has 7 nitrogen and oxygen atoms in total. The van der Waals surface area contributed by atoms with E-state index in [0.29, 0.717) is 21.6 Å². The first-order valence-electron chi connectivity index (χ1n) is 9.48. The van der Waals surface area contributed by atoms with Crippen LogP contribution >= 0.6 is 23.2 Å². The Hall–Kier alpha value is -3.03. The molecule has 4 rings (SSSR count). The van der Waals surface area contributed by atoms with Crippen molar-refractivity contribution in [3.8, 4) is 0 Å². The average molecular weight is 443 g/mol. The predicted molar refractivity (Wildman–Crippen MR) is 122 cm³/mol. The van der Waals surface area contributed by atoms with Crippen LogP contribution in [0.15, 0.2) is 60.9 Å². The van der Waals surface area contributed by atoms with Crippen molar-refractivity contribution >= 4 is 52.2 Å². The molecule has 3 aromatic rings. The molecule has 1 aliphatic heterocycles. The summed E-state index contributed by atoms with van der Waals surface area (Å²) in [4.78, 5) is 25.4. The Labute approximate surface area is 184 Å². The average Bonchev–Trinajstić information content (AvgIpc) is 2.77. The van der Waals surface area contributed by atoms with Crippen LogP contribution in [0.5, 0.6) is 0 Å².